The minimum Gasteiger partial charge on any atom is -0.393 e. The number of para-hydroxylation sites is 2. The SMILES string of the molecule is OC1CCCC(CNc2cnc3ccccc3n2)C1. The minimum atomic E-state index is -0.122. The number of hydrogen-bond donors (Lipinski definition) is 2. The maximum atomic E-state index is 9.66. The molecule has 2 unspecified atom stereocenters. The highest BCUT2D eigenvalue weighted by atomic mass is 16.3. The van der Waals surface area contributed by atoms with Gasteiger partial charge in [-0.3, -0.25) is 4.98 Å². The van der Waals surface area contributed by atoms with Crippen LogP contribution in [0.4, 0.5) is 5.82 Å². The number of aliphatic hydroxyl groups excluding tert-OH is 1. The number of aromatic nitrogens is 2. The summed E-state index contributed by atoms with van der Waals surface area (Å²) in [7, 11) is 0. The highest BCUT2D eigenvalue weighted by molar-refractivity contribution is 5.75. The zero-order valence-electron chi connectivity index (χ0n) is 10.9. The van der Waals surface area contributed by atoms with Gasteiger partial charge in [-0.1, -0.05) is 18.6 Å². The second-order valence-electron chi connectivity index (χ2n) is 5.31. The van der Waals surface area contributed by atoms with Crippen molar-refractivity contribution in [2.45, 2.75) is 31.8 Å². The molecule has 100 valence electrons. The Kier molecular flexibility index (Phi) is 3.60. The number of aliphatic hydroxyl groups is 1. The third kappa shape index (κ3) is 3.01. The molecule has 2 N–H and O–H groups in total. The quantitative estimate of drug-likeness (QED) is 0.887. The summed E-state index contributed by atoms with van der Waals surface area (Å²) in [5.74, 6) is 1.36. The molecular formula is C15H19N3O. The van der Waals surface area contributed by atoms with Gasteiger partial charge in [0, 0.05) is 6.54 Å². The van der Waals surface area contributed by atoms with Gasteiger partial charge in [0.15, 0.2) is 0 Å². The molecule has 0 spiro atoms. The molecule has 1 aromatic heterocycles. The summed E-state index contributed by atoms with van der Waals surface area (Å²) < 4.78 is 0. The average Bonchev–Trinajstić information content (AvgIpc) is 2.45. The summed E-state index contributed by atoms with van der Waals surface area (Å²) in [6.07, 6.45) is 5.81. The molecule has 2 aromatic rings. The lowest BCUT2D eigenvalue weighted by atomic mass is 9.87. The number of fused-ring (bicyclic) bond motifs is 1. The Hall–Kier alpha value is -1.68. The van der Waals surface area contributed by atoms with Crippen molar-refractivity contribution in [2.75, 3.05) is 11.9 Å². The standard InChI is InChI=1S/C15H19N3O/c19-12-5-3-4-11(8-12)9-17-15-10-16-13-6-1-2-7-14(13)18-15/h1-2,6-7,10-12,19H,3-5,8-9H2,(H,17,18). The van der Waals surface area contributed by atoms with E-state index in [2.05, 4.69) is 15.3 Å². The van der Waals surface area contributed by atoms with Crippen LogP contribution in [0, 0.1) is 5.92 Å². The first-order valence-corrected chi connectivity index (χ1v) is 6.95. The van der Waals surface area contributed by atoms with Crippen molar-refractivity contribution in [3.63, 3.8) is 0 Å². The second kappa shape index (κ2) is 5.53. The fourth-order valence-electron chi connectivity index (χ4n) is 2.74. The van der Waals surface area contributed by atoms with E-state index in [1.54, 1.807) is 6.20 Å². The molecule has 0 saturated heterocycles. The van der Waals surface area contributed by atoms with Crippen LogP contribution in [0.5, 0.6) is 0 Å². The zero-order valence-corrected chi connectivity index (χ0v) is 10.9. The first-order valence-electron chi connectivity index (χ1n) is 6.95. The third-order valence-electron chi connectivity index (χ3n) is 3.78. The van der Waals surface area contributed by atoms with Gasteiger partial charge in [-0.15, -0.1) is 0 Å². The van der Waals surface area contributed by atoms with E-state index in [9.17, 15) is 5.11 Å². The lowest BCUT2D eigenvalue weighted by Crippen LogP contribution is -2.25. The highest BCUT2D eigenvalue weighted by Crippen LogP contribution is 2.24. The molecule has 3 rings (SSSR count). The van der Waals surface area contributed by atoms with Gasteiger partial charge in [0.1, 0.15) is 5.82 Å². The van der Waals surface area contributed by atoms with E-state index in [1.807, 2.05) is 24.3 Å². The van der Waals surface area contributed by atoms with Gasteiger partial charge in [0.2, 0.25) is 0 Å². The van der Waals surface area contributed by atoms with Crippen LogP contribution < -0.4 is 5.32 Å². The Morgan fingerprint density at radius 1 is 1.21 bits per heavy atom. The van der Waals surface area contributed by atoms with E-state index in [0.717, 1.165) is 42.7 Å². The highest BCUT2D eigenvalue weighted by Gasteiger charge is 2.19. The van der Waals surface area contributed by atoms with Crippen LogP contribution in [0.15, 0.2) is 30.5 Å². The number of anilines is 1. The molecule has 1 aliphatic carbocycles. The molecule has 2 atom stereocenters. The van der Waals surface area contributed by atoms with Gasteiger partial charge < -0.3 is 10.4 Å². The molecular weight excluding hydrogens is 238 g/mol. The molecule has 0 amide bonds. The van der Waals surface area contributed by atoms with E-state index in [1.165, 1.54) is 6.42 Å². The molecule has 1 aromatic carbocycles. The number of rotatable bonds is 3. The molecule has 1 fully saturated rings. The molecule has 0 aliphatic heterocycles. The summed E-state index contributed by atoms with van der Waals surface area (Å²) in [6, 6.07) is 7.87. The number of nitrogens with one attached hydrogen (secondary N) is 1. The largest absolute Gasteiger partial charge is 0.393 e. The van der Waals surface area contributed by atoms with Gasteiger partial charge in [0.25, 0.3) is 0 Å². The Morgan fingerprint density at radius 3 is 2.89 bits per heavy atom. The molecule has 0 radical (unpaired) electrons. The Morgan fingerprint density at radius 2 is 2.05 bits per heavy atom. The van der Waals surface area contributed by atoms with Crippen LogP contribution in [-0.4, -0.2) is 27.7 Å². The predicted octanol–water partition coefficient (Wildman–Crippen LogP) is 2.59. The lowest BCUT2D eigenvalue weighted by Gasteiger charge is -2.26. The van der Waals surface area contributed by atoms with Crippen molar-refractivity contribution in [3.8, 4) is 0 Å². The maximum Gasteiger partial charge on any atom is 0.145 e. The predicted molar refractivity (Wildman–Crippen MR) is 76.0 cm³/mol. The molecule has 1 saturated carbocycles. The topological polar surface area (TPSA) is 58.0 Å². The molecule has 1 heterocycles. The average molecular weight is 257 g/mol. The van der Waals surface area contributed by atoms with Gasteiger partial charge in [0.05, 0.1) is 23.3 Å². The van der Waals surface area contributed by atoms with Crippen LogP contribution >= 0.6 is 0 Å². The van der Waals surface area contributed by atoms with E-state index in [4.69, 9.17) is 0 Å². The first-order chi connectivity index (χ1) is 9.31. The second-order valence-corrected chi connectivity index (χ2v) is 5.31. The van der Waals surface area contributed by atoms with Crippen molar-refractivity contribution < 1.29 is 5.11 Å². The molecule has 4 heteroatoms. The lowest BCUT2D eigenvalue weighted by molar-refractivity contribution is 0.104. The zero-order chi connectivity index (χ0) is 13.1. The number of nitrogens with zero attached hydrogens (tertiary/aromatic N) is 2. The van der Waals surface area contributed by atoms with E-state index in [0.29, 0.717) is 5.92 Å². The van der Waals surface area contributed by atoms with Crippen molar-refractivity contribution in [3.05, 3.63) is 30.5 Å². The summed E-state index contributed by atoms with van der Waals surface area (Å²) in [5.41, 5.74) is 1.83. The minimum absolute atomic E-state index is 0.122. The fourth-order valence-corrected chi connectivity index (χ4v) is 2.74. The van der Waals surface area contributed by atoms with Crippen LogP contribution in [0.25, 0.3) is 11.0 Å². The van der Waals surface area contributed by atoms with Gasteiger partial charge >= 0.3 is 0 Å². The molecule has 0 bridgehead atoms. The van der Waals surface area contributed by atoms with Crippen LogP contribution in [0.1, 0.15) is 25.7 Å². The molecule has 4 nitrogen and oxygen atoms in total. The van der Waals surface area contributed by atoms with E-state index in [-0.39, 0.29) is 6.10 Å². The van der Waals surface area contributed by atoms with Crippen molar-refractivity contribution in [2.24, 2.45) is 5.92 Å². The van der Waals surface area contributed by atoms with E-state index >= 15 is 0 Å². The Bertz CT molecular complexity index is 558. The monoisotopic (exact) mass is 257 g/mol. The molecule has 19 heavy (non-hydrogen) atoms. The molecule has 1 aliphatic rings. The van der Waals surface area contributed by atoms with Gasteiger partial charge in [-0.25, -0.2) is 4.98 Å². The van der Waals surface area contributed by atoms with Gasteiger partial charge in [-0.2, -0.15) is 0 Å². The van der Waals surface area contributed by atoms with Crippen molar-refractivity contribution in [1.29, 1.82) is 0 Å². The first kappa shape index (κ1) is 12.4. The van der Waals surface area contributed by atoms with Crippen molar-refractivity contribution in [1.82, 2.24) is 9.97 Å². The number of benzene rings is 1. The van der Waals surface area contributed by atoms with Crippen LogP contribution in [0.3, 0.4) is 0 Å². The Labute approximate surface area is 112 Å². The third-order valence-corrected chi connectivity index (χ3v) is 3.78. The van der Waals surface area contributed by atoms with E-state index < -0.39 is 0 Å². The van der Waals surface area contributed by atoms with Gasteiger partial charge in [-0.05, 0) is 37.3 Å². The maximum absolute atomic E-state index is 9.66. The normalized spacial score (nSPS) is 23.4. The Balaban J connectivity index is 1.64. The van der Waals surface area contributed by atoms with Crippen LogP contribution in [-0.2, 0) is 0 Å². The fraction of sp³-hybridized carbons (Fsp3) is 0.467. The smallest absolute Gasteiger partial charge is 0.145 e. The summed E-state index contributed by atoms with van der Waals surface area (Å²) in [4.78, 5) is 8.93. The summed E-state index contributed by atoms with van der Waals surface area (Å²) in [6.45, 7) is 0.865. The van der Waals surface area contributed by atoms with Crippen LogP contribution in [0.2, 0.25) is 0 Å². The van der Waals surface area contributed by atoms with Crippen molar-refractivity contribution >= 4 is 16.9 Å². The summed E-state index contributed by atoms with van der Waals surface area (Å²) in [5, 5.41) is 13.0. The summed E-state index contributed by atoms with van der Waals surface area (Å²) >= 11 is 0. The number of hydrogen-bond acceptors (Lipinski definition) is 4.